The number of aromatic nitrogens is 1. The summed E-state index contributed by atoms with van der Waals surface area (Å²) in [6.45, 7) is 3.97. The fourth-order valence-electron chi connectivity index (χ4n) is 1.67. The topological polar surface area (TPSA) is 69.6 Å². The van der Waals surface area contributed by atoms with Crippen molar-refractivity contribution in [2.24, 2.45) is 0 Å². The molecule has 0 aliphatic heterocycles. The molecule has 2 aromatic rings. The van der Waals surface area contributed by atoms with Gasteiger partial charge in [-0.2, -0.15) is 10.5 Å². The average Bonchev–Trinajstić information content (AvgIpc) is 2.70. The monoisotopic (exact) mass is 267 g/mol. The van der Waals surface area contributed by atoms with Gasteiger partial charge in [-0.1, -0.05) is 36.9 Å². The van der Waals surface area contributed by atoms with Crippen LogP contribution in [0.15, 0.2) is 35.1 Å². The van der Waals surface area contributed by atoms with E-state index in [1.165, 1.54) is 4.57 Å². The third-order valence-corrected chi connectivity index (χ3v) is 3.61. The van der Waals surface area contributed by atoms with Crippen LogP contribution >= 0.6 is 11.3 Å². The number of nitriles is 2. The van der Waals surface area contributed by atoms with Gasteiger partial charge in [-0.25, -0.2) is 0 Å². The summed E-state index contributed by atoms with van der Waals surface area (Å²) in [5.74, 6) is 0. The molecule has 0 N–H and O–H groups in total. The van der Waals surface area contributed by atoms with E-state index >= 15 is 0 Å². The largest absolute Gasteiger partial charge is 0.293 e. The molecular weight excluding hydrogens is 258 g/mol. The third kappa shape index (κ3) is 2.47. The van der Waals surface area contributed by atoms with Crippen molar-refractivity contribution in [3.63, 3.8) is 0 Å². The Morgan fingerprint density at radius 3 is 2.47 bits per heavy atom. The van der Waals surface area contributed by atoms with Crippen molar-refractivity contribution in [3.05, 3.63) is 55.4 Å². The van der Waals surface area contributed by atoms with Gasteiger partial charge < -0.3 is 0 Å². The number of hydrogen-bond acceptors (Lipinski definition) is 4. The van der Waals surface area contributed by atoms with E-state index in [1.54, 1.807) is 0 Å². The molecule has 0 atom stereocenters. The van der Waals surface area contributed by atoms with E-state index in [4.69, 9.17) is 10.5 Å². The van der Waals surface area contributed by atoms with Crippen LogP contribution in [0, 0.1) is 22.7 Å². The molecule has 0 saturated carbocycles. The van der Waals surface area contributed by atoms with Crippen molar-refractivity contribution < 1.29 is 0 Å². The number of nitrogens with zero attached hydrogens (tertiary/aromatic N) is 3. The molecular formula is C14H9N3OS. The summed E-state index contributed by atoms with van der Waals surface area (Å²) >= 11 is 1.07. The van der Waals surface area contributed by atoms with E-state index in [1.807, 2.05) is 42.5 Å². The highest BCUT2D eigenvalue weighted by molar-refractivity contribution is 7.07. The van der Waals surface area contributed by atoms with Gasteiger partial charge in [0.15, 0.2) is 5.57 Å². The Hall–Kier alpha value is -2.63. The maximum Gasteiger partial charge on any atom is 0.268 e. The van der Waals surface area contributed by atoms with E-state index in [2.05, 4.69) is 6.58 Å². The summed E-state index contributed by atoms with van der Waals surface area (Å²) < 4.78 is 2.11. The second kappa shape index (κ2) is 5.34. The first-order chi connectivity index (χ1) is 9.17. The lowest BCUT2D eigenvalue weighted by molar-refractivity contribution is 0.754. The predicted molar refractivity (Wildman–Crippen MR) is 73.5 cm³/mol. The van der Waals surface area contributed by atoms with E-state index in [0.717, 1.165) is 16.9 Å². The molecule has 19 heavy (non-hydrogen) atoms. The van der Waals surface area contributed by atoms with Crippen LogP contribution in [0.25, 0.3) is 12.2 Å². The zero-order valence-electron chi connectivity index (χ0n) is 9.96. The highest BCUT2D eigenvalue weighted by atomic mass is 32.1. The quantitative estimate of drug-likeness (QED) is 0.798. The standard InChI is InChI=1S/C14H9N3OS/c1-10-13(18)17(9-11-5-3-2-4-6-11)14(19-10)12(7-15)8-16/h2-6H,1,9H2. The summed E-state index contributed by atoms with van der Waals surface area (Å²) in [5.41, 5.74) is 0.610. The van der Waals surface area contributed by atoms with Gasteiger partial charge in [0.1, 0.15) is 16.8 Å². The van der Waals surface area contributed by atoms with Crippen LogP contribution in [0.5, 0.6) is 0 Å². The normalized spacial score (nSPS) is 9.58. The summed E-state index contributed by atoms with van der Waals surface area (Å²) in [5, 5.41) is 17.9. The summed E-state index contributed by atoms with van der Waals surface area (Å²) in [4.78, 5) is 12.0. The van der Waals surface area contributed by atoms with Gasteiger partial charge in [0, 0.05) is 0 Å². The molecule has 0 bridgehead atoms. The summed E-state index contributed by atoms with van der Waals surface area (Å²) in [7, 11) is 0. The first-order valence-electron chi connectivity index (χ1n) is 5.44. The van der Waals surface area contributed by atoms with E-state index in [-0.39, 0.29) is 11.1 Å². The molecule has 1 heterocycles. The first kappa shape index (κ1) is 12.8. The van der Waals surface area contributed by atoms with Crippen molar-refractivity contribution in [3.8, 4) is 12.1 Å². The fraction of sp³-hybridized carbons (Fsp3) is 0.0714. The van der Waals surface area contributed by atoms with Crippen molar-refractivity contribution in [2.75, 3.05) is 0 Å². The minimum absolute atomic E-state index is 0.0621. The van der Waals surface area contributed by atoms with Gasteiger partial charge in [0.2, 0.25) is 0 Å². The van der Waals surface area contributed by atoms with E-state index in [9.17, 15) is 4.79 Å². The predicted octanol–water partition coefficient (Wildman–Crippen LogP) is 0.566. The van der Waals surface area contributed by atoms with Crippen LogP contribution in [0.3, 0.4) is 0 Å². The van der Waals surface area contributed by atoms with Crippen molar-refractivity contribution in [1.29, 1.82) is 10.5 Å². The van der Waals surface area contributed by atoms with Gasteiger partial charge in [-0.15, -0.1) is 11.3 Å². The molecule has 5 heteroatoms. The summed E-state index contributed by atoms with van der Waals surface area (Å²) in [6.07, 6.45) is 0. The maximum atomic E-state index is 12.0. The molecule has 0 radical (unpaired) electrons. The molecule has 2 rings (SSSR count). The molecule has 1 aromatic heterocycles. The highest BCUT2D eigenvalue weighted by Crippen LogP contribution is 1.99. The van der Waals surface area contributed by atoms with Crippen LogP contribution in [0.1, 0.15) is 5.56 Å². The number of rotatable bonds is 2. The van der Waals surface area contributed by atoms with Crippen LogP contribution in [-0.4, -0.2) is 4.57 Å². The minimum Gasteiger partial charge on any atom is -0.293 e. The lowest BCUT2D eigenvalue weighted by Gasteiger charge is -2.02. The van der Waals surface area contributed by atoms with Gasteiger partial charge in [-0.05, 0) is 5.56 Å². The van der Waals surface area contributed by atoms with Gasteiger partial charge in [0.25, 0.3) is 5.56 Å². The smallest absolute Gasteiger partial charge is 0.268 e. The molecule has 0 spiro atoms. The second-order valence-corrected chi connectivity index (χ2v) is 4.89. The zero-order chi connectivity index (χ0) is 13.8. The Balaban J connectivity index is 2.69. The molecule has 0 saturated heterocycles. The number of thiazole rings is 1. The molecule has 0 unspecified atom stereocenters. The van der Waals surface area contributed by atoms with Crippen molar-refractivity contribution >= 4 is 23.5 Å². The molecule has 0 aliphatic carbocycles. The van der Waals surface area contributed by atoms with E-state index < -0.39 is 0 Å². The van der Waals surface area contributed by atoms with Crippen LogP contribution in [-0.2, 0) is 6.54 Å². The lowest BCUT2D eigenvalue weighted by atomic mass is 10.2. The van der Waals surface area contributed by atoms with Gasteiger partial charge in [-0.3, -0.25) is 9.36 Å². The van der Waals surface area contributed by atoms with Crippen LogP contribution in [0.2, 0.25) is 0 Å². The Morgan fingerprint density at radius 2 is 1.89 bits per heavy atom. The van der Waals surface area contributed by atoms with Crippen molar-refractivity contribution in [1.82, 2.24) is 4.57 Å². The molecule has 0 amide bonds. The van der Waals surface area contributed by atoms with Crippen LogP contribution < -0.4 is 14.8 Å². The molecule has 4 nitrogen and oxygen atoms in total. The Kier molecular flexibility index (Phi) is 3.61. The summed E-state index contributed by atoms with van der Waals surface area (Å²) in [6, 6.07) is 13.0. The van der Waals surface area contributed by atoms with E-state index in [0.29, 0.717) is 15.7 Å². The SMILES string of the molecule is C=c1sc(=C(C#N)C#N)n(Cc2ccccc2)c1=O. The number of benzene rings is 1. The number of hydrogen-bond donors (Lipinski definition) is 0. The maximum absolute atomic E-state index is 12.0. The molecule has 0 fully saturated rings. The second-order valence-electron chi connectivity index (χ2n) is 3.81. The minimum atomic E-state index is -0.258. The average molecular weight is 267 g/mol. The molecule has 0 aliphatic rings. The Bertz CT molecular complexity index is 831. The lowest BCUT2D eigenvalue weighted by Crippen LogP contribution is -2.31. The van der Waals surface area contributed by atoms with Gasteiger partial charge >= 0.3 is 0 Å². The molecule has 1 aromatic carbocycles. The Morgan fingerprint density at radius 1 is 1.26 bits per heavy atom. The Labute approximate surface area is 113 Å². The van der Waals surface area contributed by atoms with Crippen molar-refractivity contribution in [2.45, 2.75) is 6.54 Å². The zero-order valence-corrected chi connectivity index (χ0v) is 10.8. The first-order valence-corrected chi connectivity index (χ1v) is 6.26. The fourth-order valence-corrected chi connectivity index (χ4v) is 2.56. The third-order valence-electron chi connectivity index (χ3n) is 2.57. The highest BCUT2D eigenvalue weighted by Gasteiger charge is 2.08. The van der Waals surface area contributed by atoms with Crippen LogP contribution in [0.4, 0.5) is 0 Å². The molecule has 92 valence electrons. The van der Waals surface area contributed by atoms with Gasteiger partial charge in [0.05, 0.1) is 11.1 Å².